The maximum atomic E-state index is 13.9. The molecule has 0 atom stereocenters. The quantitative estimate of drug-likeness (QED) is 0.271. The number of benzene rings is 2. The average Bonchev–Trinajstić information content (AvgIpc) is 3.02. The molecule has 1 saturated carbocycles. The number of methoxy groups -OCH3 is 2. The van der Waals surface area contributed by atoms with Crippen LogP contribution in [0.3, 0.4) is 0 Å². The first kappa shape index (κ1) is 33.1. The normalized spacial score (nSPS) is 18.5. The van der Waals surface area contributed by atoms with Gasteiger partial charge in [0.15, 0.2) is 0 Å². The first-order valence-electron chi connectivity index (χ1n) is 15.7. The highest BCUT2D eigenvalue weighted by molar-refractivity contribution is 5.99. The summed E-state index contributed by atoms with van der Waals surface area (Å²) in [5, 5.41) is 6.40. The number of dihydropyridines is 1. The molecule has 1 aliphatic carbocycles. The lowest BCUT2D eigenvalue weighted by Gasteiger charge is -2.40. The van der Waals surface area contributed by atoms with E-state index in [1.165, 1.54) is 12.8 Å². The Bertz CT molecular complexity index is 1370. The van der Waals surface area contributed by atoms with E-state index < -0.39 is 0 Å². The summed E-state index contributed by atoms with van der Waals surface area (Å²) in [5.74, 6) is 1.37. The van der Waals surface area contributed by atoms with Crippen LogP contribution in [-0.2, 0) is 9.47 Å². The maximum absolute atomic E-state index is 13.9. The molecule has 8 heteroatoms. The summed E-state index contributed by atoms with van der Waals surface area (Å²) in [6, 6.07) is 13.4. The molecular formula is C36H50N4O4. The highest BCUT2D eigenvalue weighted by atomic mass is 16.5. The Morgan fingerprint density at radius 2 is 1.68 bits per heavy atom. The molecule has 1 amide bonds. The summed E-state index contributed by atoms with van der Waals surface area (Å²) in [6.45, 7) is 12.6. The van der Waals surface area contributed by atoms with Gasteiger partial charge in [-0.25, -0.2) is 0 Å². The Kier molecular flexibility index (Phi) is 11.5. The summed E-state index contributed by atoms with van der Waals surface area (Å²) >= 11 is 0. The van der Waals surface area contributed by atoms with Crippen LogP contribution >= 0.6 is 0 Å². The predicted octanol–water partition coefficient (Wildman–Crippen LogP) is 6.04. The molecule has 8 nitrogen and oxygen atoms in total. The van der Waals surface area contributed by atoms with Crippen molar-refractivity contribution in [2.24, 2.45) is 0 Å². The molecular weight excluding hydrogens is 552 g/mol. The van der Waals surface area contributed by atoms with Crippen LogP contribution in [0, 0.1) is 6.92 Å². The number of nitrogens with zero attached hydrogens (tertiary/aromatic N) is 2. The Morgan fingerprint density at radius 3 is 2.30 bits per heavy atom. The van der Waals surface area contributed by atoms with Crippen LogP contribution in [0.2, 0.25) is 0 Å². The van der Waals surface area contributed by atoms with E-state index in [-0.39, 0.29) is 5.91 Å². The van der Waals surface area contributed by atoms with Gasteiger partial charge < -0.3 is 34.6 Å². The Labute approximate surface area is 263 Å². The van der Waals surface area contributed by atoms with E-state index in [9.17, 15) is 4.79 Å². The first-order chi connectivity index (χ1) is 21.2. The number of hydrogen-bond acceptors (Lipinski definition) is 7. The third-order valence-corrected chi connectivity index (χ3v) is 8.86. The molecule has 44 heavy (non-hydrogen) atoms. The van der Waals surface area contributed by atoms with Crippen molar-refractivity contribution in [3.63, 3.8) is 0 Å². The third kappa shape index (κ3) is 7.85. The van der Waals surface area contributed by atoms with Crippen molar-refractivity contribution in [2.45, 2.75) is 58.5 Å². The second-order valence-electron chi connectivity index (χ2n) is 11.9. The van der Waals surface area contributed by atoms with Gasteiger partial charge in [-0.3, -0.25) is 4.79 Å². The van der Waals surface area contributed by atoms with Gasteiger partial charge in [-0.05, 0) is 108 Å². The van der Waals surface area contributed by atoms with Gasteiger partial charge in [0, 0.05) is 60.5 Å². The summed E-state index contributed by atoms with van der Waals surface area (Å²) < 4.78 is 16.5. The zero-order valence-corrected chi connectivity index (χ0v) is 27.6. The van der Waals surface area contributed by atoms with Crippen LogP contribution in [-0.4, -0.2) is 77.5 Å². The van der Waals surface area contributed by atoms with Crippen molar-refractivity contribution in [1.82, 2.24) is 15.5 Å². The van der Waals surface area contributed by atoms with Crippen molar-refractivity contribution >= 4 is 11.6 Å². The predicted molar refractivity (Wildman–Crippen MR) is 179 cm³/mol. The lowest BCUT2D eigenvalue weighted by atomic mass is 9.88. The lowest BCUT2D eigenvalue weighted by molar-refractivity contribution is 0.0956. The van der Waals surface area contributed by atoms with Crippen LogP contribution < -0.4 is 20.3 Å². The fourth-order valence-corrected chi connectivity index (χ4v) is 6.32. The van der Waals surface area contributed by atoms with E-state index in [1.807, 2.05) is 31.2 Å². The number of nitrogens with one attached hydrogen (secondary N) is 2. The lowest BCUT2D eigenvalue weighted by Crippen LogP contribution is -2.42. The van der Waals surface area contributed by atoms with Gasteiger partial charge in [-0.1, -0.05) is 18.7 Å². The molecule has 0 bridgehead atoms. The number of rotatable bonds is 13. The molecule has 2 N–H and O–H groups in total. The van der Waals surface area contributed by atoms with Crippen molar-refractivity contribution in [3.8, 4) is 16.9 Å². The molecule has 0 aromatic heterocycles. The van der Waals surface area contributed by atoms with Crippen molar-refractivity contribution in [3.05, 3.63) is 82.9 Å². The fourth-order valence-electron chi connectivity index (χ4n) is 6.32. The summed E-state index contributed by atoms with van der Waals surface area (Å²) in [6.07, 6.45) is 6.53. The monoisotopic (exact) mass is 602 g/mol. The van der Waals surface area contributed by atoms with Crippen LogP contribution in [0.4, 0.5) is 5.69 Å². The number of ether oxygens (including phenoxy) is 3. The zero-order chi connectivity index (χ0) is 31.8. The molecule has 2 aromatic rings. The average molecular weight is 603 g/mol. The molecule has 2 aromatic carbocycles. The number of hydrogen-bond donors (Lipinski definition) is 2. The number of allylic oxidation sites excluding steroid dienone is 2. The van der Waals surface area contributed by atoms with Crippen molar-refractivity contribution in [2.75, 3.05) is 59.5 Å². The van der Waals surface area contributed by atoms with Crippen molar-refractivity contribution < 1.29 is 19.0 Å². The number of anilines is 1. The van der Waals surface area contributed by atoms with Crippen molar-refractivity contribution in [1.29, 1.82) is 0 Å². The first-order valence-corrected chi connectivity index (χ1v) is 15.7. The van der Waals surface area contributed by atoms with E-state index in [0.717, 1.165) is 64.5 Å². The van der Waals surface area contributed by atoms with Gasteiger partial charge in [0.05, 0.1) is 13.7 Å². The highest BCUT2D eigenvalue weighted by Crippen LogP contribution is 2.36. The second kappa shape index (κ2) is 15.3. The Morgan fingerprint density at radius 1 is 1.00 bits per heavy atom. The number of carbonyl (C=O) groups excluding carboxylic acids is 1. The molecule has 1 fully saturated rings. The molecule has 0 spiro atoms. The minimum Gasteiger partial charge on any atom is -0.496 e. The molecule has 0 radical (unpaired) electrons. The fraction of sp³-hybridized carbons (Fsp3) is 0.472. The van der Waals surface area contributed by atoms with E-state index in [0.29, 0.717) is 43.2 Å². The Hall–Kier alpha value is -3.75. The molecule has 2 aliphatic rings. The van der Waals surface area contributed by atoms with Gasteiger partial charge >= 0.3 is 0 Å². The molecule has 1 aliphatic heterocycles. The zero-order valence-electron chi connectivity index (χ0n) is 27.6. The molecule has 1 heterocycles. The second-order valence-corrected chi connectivity index (χ2v) is 11.9. The smallest absolute Gasteiger partial charge is 0.251 e. The summed E-state index contributed by atoms with van der Waals surface area (Å²) in [5.41, 5.74) is 7.30. The molecule has 4 rings (SSSR count). The number of carbonyl (C=O) groups is 1. The van der Waals surface area contributed by atoms with Gasteiger partial charge in [-0.15, -0.1) is 0 Å². The van der Waals surface area contributed by atoms with Gasteiger partial charge in [0.2, 0.25) is 0 Å². The largest absolute Gasteiger partial charge is 0.496 e. The minimum atomic E-state index is -0.125. The highest BCUT2D eigenvalue weighted by Gasteiger charge is 2.28. The SMILES string of the molecule is C=C1NC(C)=CC(OC)=C1CNC(=O)c1cc(-c2ccc(OCCOC)cc2)cc(N(CC)C2CCC(N(C)C)CC2)c1C. The van der Waals surface area contributed by atoms with E-state index >= 15 is 0 Å². The van der Waals surface area contributed by atoms with Gasteiger partial charge in [0.25, 0.3) is 5.91 Å². The molecule has 0 saturated heterocycles. The standard InChI is InChI=1S/C36H50N4O4/c1-9-40(30-14-12-29(13-15-30)39(5)6)34-22-28(27-10-16-31(17-11-27)44-19-18-42-7)21-32(25(34)3)36(41)37-23-33-26(4)38-24(2)20-35(33)43-8/h10-11,16-17,20-22,29-30,38H,4,9,12-15,18-19,23H2,1-3,5-8H3,(H,37,41). The van der Waals surface area contributed by atoms with E-state index in [4.69, 9.17) is 14.2 Å². The van der Waals surface area contributed by atoms with Crippen LogP contribution in [0.5, 0.6) is 5.75 Å². The Balaban J connectivity index is 1.68. The topological polar surface area (TPSA) is 75.3 Å². The van der Waals surface area contributed by atoms with Crippen LogP contribution in [0.1, 0.15) is 55.5 Å². The maximum Gasteiger partial charge on any atom is 0.251 e. The molecule has 238 valence electrons. The summed E-state index contributed by atoms with van der Waals surface area (Å²) in [7, 11) is 7.66. The van der Waals surface area contributed by atoms with Crippen LogP contribution in [0.15, 0.2) is 71.8 Å². The summed E-state index contributed by atoms with van der Waals surface area (Å²) in [4.78, 5) is 18.8. The minimum absolute atomic E-state index is 0.125. The number of amides is 1. The third-order valence-electron chi connectivity index (χ3n) is 8.86. The van der Waals surface area contributed by atoms with E-state index in [2.05, 4.69) is 73.2 Å². The van der Waals surface area contributed by atoms with E-state index in [1.54, 1.807) is 14.2 Å². The molecule has 0 unspecified atom stereocenters. The van der Waals surface area contributed by atoms with Gasteiger partial charge in [-0.2, -0.15) is 0 Å². The van der Waals surface area contributed by atoms with Crippen LogP contribution in [0.25, 0.3) is 11.1 Å². The van der Waals surface area contributed by atoms with Gasteiger partial charge in [0.1, 0.15) is 18.1 Å².